The van der Waals surface area contributed by atoms with Crippen LogP contribution in [0.3, 0.4) is 0 Å². The number of benzene rings is 1. The van der Waals surface area contributed by atoms with Crippen LogP contribution in [-0.4, -0.2) is 33.2 Å². The zero-order chi connectivity index (χ0) is 14.9. The van der Waals surface area contributed by atoms with Crippen LogP contribution in [-0.2, 0) is 6.54 Å². The van der Waals surface area contributed by atoms with Gasteiger partial charge in [0.25, 0.3) is 0 Å². The minimum atomic E-state index is 0.118. The van der Waals surface area contributed by atoms with Gasteiger partial charge in [-0.2, -0.15) is 0 Å². The zero-order valence-electron chi connectivity index (χ0n) is 13.0. The summed E-state index contributed by atoms with van der Waals surface area (Å²) < 4.78 is 0. The third-order valence-electron chi connectivity index (χ3n) is 4.28. The molecule has 0 aromatic heterocycles. The molecule has 1 atom stereocenters. The first-order valence-electron chi connectivity index (χ1n) is 7.15. The Hall–Kier alpha value is -1.46. The first kappa shape index (κ1) is 14.9. The fourth-order valence-electron chi connectivity index (χ4n) is 2.91. The standard InChI is InChI=1S/C15H27N5/c1-15(2)9-20(8-13(15)17)14-10(7-18-3)11(16)5-6-12(14)19-4/h5-6,13,18-19H,7-9,16-17H2,1-4H3. The Kier molecular flexibility index (Phi) is 4.11. The molecule has 6 N–H and O–H groups in total. The van der Waals surface area contributed by atoms with E-state index in [0.29, 0.717) is 0 Å². The maximum atomic E-state index is 6.28. The minimum absolute atomic E-state index is 0.118. The van der Waals surface area contributed by atoms with Crippen LogP contribution >= 0.6 is 0 Å². The molecule has 0 aliphatic carbocycles. The second-order valence-corrected chi connectivity index (χ2v) is 6.29. The molecule has 0 bridgehead atoms. The van der Waals surface area contributed by atoms with Gasteiger partial charge in [0, 0.05) is 44.0 Å². The summed E-state index contributed by atoms with van der Waals surface area (Å²) in [5.41, 5.74) is 16.8. The van der Waals surface area contributed by atoms with Gasteiger partial charge in [-0.25, -0.2) is 0 Å². The maximum Gasteiger partial charge on any atom is 0.0669 e. The molecule has 0 radical (unpaired) electrons. The zero-order valence-corrected chi connectivity index (χ0v) is 13.0. The van der Waals surface area contributed by atoms with E-state index in [0.717, 1.165) is 36.6 Å². The van der Waals surface area contributed by atoms with Crippen LogP contribution in [0.4, 0.5) is 17.1 Å². The van der Waals surface area contributed by atoms with E-state index in [2.05, 4.69) is 29.4 Å². The summed E-state index contributed by atoms with van der Waals surface area (Å²) in [5.74, 6) is 0. The summed E-state index contributed by atoms with van der Waals surface area (Å²) in [6, 6.07) is 4.18. The van der Waals surface area contributed by atoms with Gasteiger partial charge < -0.3 is 27.0 Å². The smallest absolute Gasteiger partial charge is 0.0669 e. The van der Waals surface area contributed by atoms with Crippen LogP contribution in [0.25, 0.3) is 0 Å². The highest BCUT2D eigenvalue weighted by Gasteiger charge is 2.38. The lowest BCUT2D eigenvalue weighted by molar-refractivity contribution is 0.365. The SMILES string of the molecule is CNCc1c(N)ccc(NC)c1N1CC(N)C(C)(C)C1. The molecule has 0 amide bonds. The van der Waals surface area contributed by atoms with E-state index < -0.39 is 0 Å². The number of rotatable bonds is 4. The summed E-state index contributed by atoms with van der Waals surface area (Å²) in [7, 11) is 3.88. The lowest BCUT2D eigenvalue weighted by Gasteiger charge is -2.27. The first-order valence-corrected chi connectivity index (χ1v) is 7.15. The van der Waals surface area contributed by atoms with Crippen molar-refractivity contribution in [3.8, 4) is 0 Å². The number of anilines is 3. The Morgan fingerprint density at radius 3 is 2.55 bits per heavy atom. The molecule has 0 spiro atoms. The molecule has 1 aromatic carbocycles. The quantitative estimate of drug-likeness (QED) is 0.622. The van der Waals surface area contributed by atoms with Crippen molar-refractivity contribution >= 4 is 17.1 Å². The Balaban J connectivity index is 2.46. The molecule has 5 heteroatoms. The first-order chi connectivity index (χ1) is 9.40. The Labute approximate surface area is 121 Å². The second-order valence-electron chi connectivity index (χ2n) is 6.29. The van der Waals surface area contributed by atoms with Gasteiger partial charge in [-0.1, -0.05) is 13.8 Å². The van der Waals surface area contributed by atoms with Crippen LogP contribution < -0.4 is 27.0 Å². The summed E-state index contributed by atoms with van der Waals surface area (Å²) in [6.45, 7) is 7.01. The number of nitrogens with two attached hydrogens (primary N) is 2. The summed E-state index contributed by atoms with van der Waals surface area (Å²) in [5, 5.41) is 6.48. The normalized spacial score (nSPS) is 21.2. The second kappa shape index (κ2) is 5.50. The Morgan fingerprint density at radius 2 is 2.05 bits per heavy atom. The van der Waals surface area contributed by atoms with Crippen LogP contribution in [0.15, 0.2) is 12.1 Å². The molecule has 1 aliphatic heterocycles. The predicted molar refractivity (Wildman–Crippen MR) is 87.1 cm³/mol. The third kappa shape index (κ3) is 2.55. The van der Waals surface area contributed by atoms with E-state index in [-0.39, 0.29) is 11.5 Å². The van der Waals surface area contributed by atoms with Crippen molar-refractivity contribution in [3.63, 3.8) is 0 Å². The highest BCUT2D eigenvalue weighted by Crippen LogP contribution is 2.39. The molecular formula is C15H27N5. The van der Waals surface area contributed by atoms with Gasteiger partial charge in [-0.3, -0.25) is 0 Å². The highest BCUT2D eigenvalue weighted by molar-refractivity contribution is 5.80. The Bertz CT molecular complexity index is 483. The number of nitrogen functional groups attached to an aromatic ring is 1. The van der Waals surface area contributed by atoms with Gasteiger partial charge in [0.2, 0.25) is 0 Å². The Morgan fingerprint density at radius 1 is 1.35 bits per heavy atom. The third-order valence-corrected chi connectivity index (χ3v) is 4.28. The summed E-state index contributed by atoms with van der Waals surface area (Å²) in [4.78, 5) is 2.36. The number of nitrogens with zero attached hydrogens (tertiary/aromatic N) is 1. The summed E-state index contributed by atoms with van der Waals surface area (Å²) in [6.07, 6.45) is 0. The predicted octanol–water partition coefficient (Wildman–Crippen LogP) is 1.20. The van der Waals surface area contributed by atoms with E-state index in [9.17, 15) is 0 Å². The molecule has 1 saturated heterocycles. The molecule has 20 heavy (non-hydrogen) atoms. The average molecular weight is 277 g/mol. The van der Waals surface area contributed by atoms with Gasteiger partial charge >= 0.3 is 0 Å². The lowest BCUT2D eigenvalue weighted by Crippen LogP contribution is -2.35. The fourth-order valence-corrected chi connectivity index (χ4v) is 2.91. The maximum absolute atomic E-state index is 6.28. The highest BCUT2D eigenvalue weighted by atomic mass is 15.2. The van der Waals surface area contributed by atoms with Crippen LogP contribution in [0.2, 0.25) is 0 Å². The monoisotopic (exact) mass is 277 g/mol. The van der Waals surface area contributed by atoms with E-state index >= 15 is 0 Å². The van der Waals surface area contributed by atoms with Gasteiger partial charge in [-0.05, 0) is 24.6 Å². The van der Waals surface area contributed by atoms with Crippen molar-refractivity contribution in [2.45, 2.75) is 26.4 Å². The largest absolute Gasteiger partial charge is 0.398 e. The average Bonchev–Trinajstić information content (AvgIpc) is 2.66. The fraction of sp³-hybridized carbons (Fsp3) is 0.600. The molecule has 1 fully saturated rings. The minimum Gasteiger partial charge on any atom is -0.398 e. The molecule has 2 rings (SSSR count). The lowest BCUT2D eigenvalue weighted by atomic mass is 9.89. The number of hydrogen-bond donors (Lipinski definition) is 4. The van der Waals surface area contributed by atoms with Crippen LogP contribution in [0, 0.1) is 5.41 Å². The number of nitrogens with one attached hydrogen (secondary N) is 2. The molecule has 112 valence electrons. The van der Waals surface area contributed by atoms with Crippen molar-refractivity contribution in [2.75, 3.05) is 43.1 Å². The van der Waals surface area contributed by atoms with Crippen molar-refractivity contribution in [1.82, 2.24) is 5.32 Å². The van der Waals surface area contributed by atoms with E-state index in [1.807, 2.05) is 26.2 Å². The number of hydrogen-bond acceptors (Lipinski definition) is 5. The van der Waals surface area contributed by atoms with Crippen molar-refractivity contribution in [1.29, 1.82) is 0 Å². The van der Waals surface area contributed by atoms with Gasteiger partial charge in [0.1, 0.15) is 0 Å². The van der Waals surface area contributed by atoms with Crippen molar-refractivity contribution in [2.24, 2.45) is 11.1 Å². The molecule has 0 saturated carbocycles. The van der Waals surface area contributed by atoms with E-state index in [1.54, 1.807) is 0 Å². The topological polar surface area (TPSA) is 79.3 Å². The molecular weight excluding hydrogens is 250 g/mol. The van der Waals surface area contributed by atoms with Crippen molar-refractivity contribution < 1.29 is 0 Å². The van der Waals surface area contributed by atoms with Crippen LogP contribution in [0.5, 0.6) is 0 Å². The molecule has 1 aliphatic rings. The van der Waals surface area contributed by atoms with E-state index in [1.165, 1.54) is 5.69 Å². The van der Waals surface area contributed by atoms with Gasteiger partial charge in [0.05, 0.1) is 11.4 Å². The molecule has 5 nitrogen and oxygen atoms in total. The van der Waals surface area contributed by atoms with Crippen molar-refractivity contribution in [3.05, 3.63) is 17.7 Å². The van der Waals surface area contributed by atoms with Crippen LogP contribution in [0.1, 0.15) is 19.4 Å². The molecule has 1 aromatic rings. The summed E-state index contributed by atoms with van der Waals surface area (Å²) >= 11 is 0. The molecule has 1 heterocycles. The van der Waals surface area contributed by atoms with Gasteiger partial charge in [0.15, 0.2) is 0 Å². The van der Waals surface area contributed by atoms with Gasteiger partial charge in [-0.15, -0.1) is 0 Å². The van der Waals surface area contributed by atoms with E-state index in [4.69, 9.17) is 11.5 Å². The molecule has 1 unspecified atom stereocenters.